The zero-order valence-corrected chi connectivity index (χ0v) is 14.4. The number of hydrogen-bond donors (Lipinski definition) is 0. The van der Waals surface area contributed by atoms with Crippen molar-refractivity contribution in [3.63, 3.8) is 0 Å². The standard InChI is InChI=1S/C18H24O6/c1-13(8-6-4-5-7-9-19)24-18(21)17-14(12-20)10-15(22-2)11-16(17)23-3/h9-13H,4-8H2,1-3H3. The van der Waals surface area contributed by atoms with Crippen molar-refractivity contribution in [3.8, 4) is 11.5 Å². The van der Waals surface area contributed by atoms with E-state index in [-0.39, 0.29) is 23.0 Å². The molecule has 0 aliphatic heterocycles. The van der Waals surface area contributed by atoms with Crippen LogP contribution in [0.25, 0.3) is 0 Å². The summed E-state index contributed by atoms with van der Waals surface area (Å²) >= 11 is 0. The van der Waals surface area contributed by atoms with Gasteiger partial charge in [0.05, 0.1) is 20.3 Å². The molecule has 0 amide bonds. The number of benzene rings is 1. The predicted octanol–water partition coefficient (Wildman–Crippen LogP) is 3.21. The van der Waals surface area contributed by atoms with E-state index in [4.69, 9.17) is 14.2 Å². The van der Waals surface area contributed by atoms with E-state index in [0.717, 1.165) is 25.5 Å². The van der Waals surface area contributed by atoms with Gasteiger partial charge in [-0.15, -0.1) is 0 Å². The second-order valence-corrected chi connectivity index (χ2v) is 5.43. The van der Waals surface area contributed by atoms with E-state index in [9.17, 15) is 14.4 Å². The van der Waals surface area contributed by atoms with Crippen LogP contribution in [-0.4, -0.2) is 38.9 Å². The Bertz CT molecular complexity index is 567. The number of carbonyl (C=O) groups is 3. The summed E-state index contributed by atoms with van der Waals surface area (Å²) in [5, 5.41) is 0. The monoisotopic (exact) mass is 336 g/mol. The van der Waals surface area contributed by atoms with Crippen LogP contribution in [0.3, 0.4) is 0 Å². The van der Waals surface area contributed by atoms with Crippen LogP contribution in [0.15, 0.2) is 12.1 Å². The molecule has 6 nitrogen and oxygen atoms in total. The average Bonchev–Trinajstić information content (AvgIpc) is 2.59. The summed E-state index contributed by atoms with van der Waals surface area (Å²) in [6.07, 6.45) is 5.05. The van der Waals surface area contributed by atoms with Gasteiger partial charge in [-0.05, 0) is 32.3 Å². The first kappa shape index (κ1) is 19.7. The molecule has 0 heterocycles. The Morgan fingerprint density at radius 2 is 1.88 bits per heavy atom. The van der Waals surface area contributed by atoms with Gasteiger partial charge in [0.1, 0.15) is 23.3 Å². The minimum Gasteiger partial charge on any atom is -0.497 e. The smallest absolute Gasteiger partial charge is 0.342 e. The van der Waals surface area contributed by atoms with Gasteiger partial charge in [0.2, 0.25) is 0 Å². The van der Waals surface area contributed by atoms with Crippen LogP contribution in [0.4, 0.5) is 0 Å². The van der Waals surface area contributed by atoms with Crippen molar-refractivity contribution in [2.75, 3.05) is 14.2 Å². The largest absolute Gasteiger partial charge is 0.497 e. The number of unbranched alkanes of at least 4 members (excludes halogenated alkanes) is 3. The molecule has 1 atom stereocenters. The van der Waals surface area contributed by atoms with Gasteiger partial charge >= 0.3 is 5.97 Å². The maximum atomic E-state index is 12.4. The second-order valence-electron chi connectivity index (χ2n) is 5.43. The van der Waals surface area contributed by atoms with E-state index >= 15 is 0 Å². The molecule has 1 rings (SSSR count). The van der Waals surface area contributed by atoms with E-state index in [2.05, 4.69) is 0 Å². The van der Waals surface area contributed by atoms with Gasteiger partial charge in [-0.2, -0.15) is 0 Å². The van der Waals surface area contributed by atoms with Gasteiger partial charge in [-0.1, -0.05) is 6.42 Å². The molecule has 1 aromatic carbocycles. The Hall–Kier alpha value is -2.37. The van der Waals surface area contributed by atoms with Crippen molar-refractivity contribution in [1.82, 2.24) is 0 Å². The van der Waals surface area contributed by atoms with Gasteiger partial charge in [0.25, 0.3) is 0 Å². The lowest BCUT2D eigenvalue weighted by Crippen LogP contribution is -2.17. The highest BCUT2D eigenvalue weighted by Gasteiger charge is 2.22. The summed E-state index contributed by atoms with van der Waals surface area (Å²) in [7, 11) is 2.88. The Kier molecular flexibility index (Phi) is 8.54. The second kappa shape index (κ2) is 10.4. The molecule has 132 valence electrons. The summed E-state index contributed by atoms with van der Waals surface area (Å²) in [6.45, 7) is 1.80. The maximum absolute atomic E-state index is 12.4. The minimum absolute atomic E-state index is 0.0982. The summed E-state index contributed by atoms with van der Waals surface area (Å²) in [4.78, 5) is 33.9. The predicted molar refractivity (Wildman–Crippen MR) is 89.0 cm³/mol. The summed E-state index contributed by atoms with van der Waals surface area (Å²) in [5.41, 5.74) is 0.260. The SMILES string of the molecule is COc1cc(C=O)c(C(=O)OC(C)CCCCCC=O)c(OC)c1. The lowest BCUT2D eigenvalue weighted by Gasteiger charge is -2.16. The maximum Gasteiger partial charge on any atom is 0.342 e. The molecule has 0 spiro atoms. The fraction of sp³-hybridized carbons (Fsp3) is 0.500. The molecule has 0 saturated heterocycles. The van der Waals surface area contributed by atoms with Crippen molar-refractivity contribution >= 4 is 18.5 Å². The third-order valence-electron chi connectivity index (χ3n) is 3.63. The van der Waals surface area contributed by atoms with Crippen LogP contribution in [0, 0.1) is 0 Å². The molecule has 1 unspecified atom stereocenters. The van der Waals surface area contributed by atoms with Gasteiger partial charge in [-0.3, -0.25) is 4.79 Å². The third-order valence-corrected chi connectivity index (χ3v) is 3.63. The first-order chi connectivity index (χ1) is 11.6. The fourth-order valence-corrected chi connectivity index (χ4v) is 2.34. The van der Waals surface area contributed by atoms with Crippen molar-refractivity contribution < 1.29 is 28.6 Å². The van der Waals surface area contributed by atoms with Gasteiger partial charge < -0.3 is 19.0 Å². The van der Waals surface area contributed by atoms with Crippen molar-refractivity contribution in [2.24, 2.45) is 0 Å². The Morgan fingerprint density at radius 1 is 1.12 bits per heavy atom. The quantitative estimate of drug-likeness (QED) is 0.351. The van der Waals surface area contributed by atoms with Crippen molar-refractivity contribution in [2.45, 2.75) is 45.1 Å². The van der Waals surface area contributed by atoms with Crippen LogP contribution in [-0.2, 0) is 9.53 Å². The zero-order valence-electron chi connectivity index (χ0n) is 14.4. The third kappa shape index (κ3) is 5.68. The number of aldehydes is 2. The highest BCUT2D eigenvalue weighted by Crippen LogP contribution is 2.29. The number of ether oxygens (including phenoxy) is 3. The van der Waals surface area contributed by atoms with Gasteiger partial charge in [0.15, 0.2) is 6.29 Å². The Balaban J connectivity index is 2.76. The zero-order chi connectivity index (χ0) is 17.9. The fourth-order valence-electron chi connectivity index (χ4n) is 2.34. The highest BCUT2D eigenvalue weighted by atomic mass is 16.5. The van der Waals surface area contributed by atoms with Gasteiger partial charge in [0, 0.05) is 18.1 Å². The highest BCUT2D eigenvalue weighted by molar-refractivity contribution is 6.01. The van der Waals surface area contributed by atoms with Crippen LogP contribution < -0.4 is 9.47 Å². The number of hydrogen-bond acceptors (Lipinski definition) is 6. The molecule has 0 radical (unpaired) electrons. The molecule has 0 aromatic heterocycles. The molecule has 0 aliphatic rings. The first-order valence-corrected chi connectivity index (χ1v) is 7.93. The summed E-state index contributed by atoms with van der Waals surface area (Å²) in [5.74, 6) is 0.0605. The van der Waals surface area contributed by atoms with Gasteiger partial charge in [-0.25, -0.2) is 4.79 Å². The summed E-state index contributed by atoms with van der Waals surface area (Å²) in [6, 6.07) is 3.00. The Morgan fingerprint density at radius 3 is 2.46 bits per heavy atom. The molecule has 0 N–H and O–H groups in total. The van der Waals surface area contributed by atoms with Crippen LogP contribution in [0.2, 0.25) is 0 Å². The Labute approximate surface area is 142 Å². The number of rotatable bonds is 11. The molecular formula is C18H24O6. The topological polar surface area (TPSA) is 78.9 Å². The molecular weight excluding hydrogens is 312 g/mol. The van der Waals surface area contributed by atoms with Crippen molar-refractivity contribution in [1.29, 1.82) is 0 Å². The van der Waals surface area contributed by atoms with Crippen LogP contribution in [0.5, 0.6) is 11.5 Å². The molecule has 0 saturated carbocycles. The van der Waals surface area contributed by atoms with E-state index in [1.54, 1.807) is 6.92 Å². The molecule has 24 heavy (non-hydrogen) atoms. The average molecular weight is 336 g/mol. The van der Waals surface area contributed by atoms with Crippen LogP contribution >= 0.6 is 0 Å². The van der Waals surface area contributed by atoms with Crippen molar-refractivity contribution in [3.05, 3.63) is 23.3 Å². The lowest BCUT2D eigenvalue weighted by atomic mass is 10.1. The first-order valence-electron chi connectivity index (χ1n) is 7.93. The van der Waals surface area contributed by atoms with E-state index in [1.165, 1.54) is 26.4 Å². The molecule has 1 aromatic rings. The number of methoxy groups -OCH3 is 2. The number of carbonyl (C=O) groups excluding carboxylic acids is 3. The van der Waals surface area contributed by atoms with E-state index in [1.807, 2.05) is 0 Å². The lowest BCUT2D eigenvalue weighted by molar-refractivity contribution is -0.107. The number of esters is 1. The minimum atomic E-state index is -0.600. The van der Waals surface area contributed by atoms with E-state index < -0.39 is 5.97 Å². The molecule has 0 fully saturated rings. The molecule has 0 bridgehead atoms. The van der Waals surface area contributed by atoms with Crippen LogP contribution in [0.1, 0.15) is 59.7 Å². The molecule has 6 heteroatoms. The normalized spacial score (nSPS) is 11.5. The molecule has 0 aliphatic carbocycles. The van der Waals surface area contributed by atoms with E-state index in [0.29, 0.717) is 24.9 Å². The summed E-state index contributed by atoms with van der Waals surface area (Å²) < 4.78 is 15.7.